The summed E-state index contributed by atoms with van der Waals surface area (Å²) in [4.78, 5) is 12.4. The summed E-state index contributed by atoms with van der Waals surface area (Å²) < 4.78 is 0. The molecule has 2 N–H and O–H groups in total. The Kier molecular flexibility index (Phi) is 4.48. The van der Waals surface area contributed by atoms with Gasteiger partial charge in [0.2, 0.25) is 5.91 Å². The van der Waals surface area contributed by atoms with E-state index in [1.54, 1.807) is 0 Å². The van der Waals surface area contributed by atoms with Crippen molar-refractivity contribution in [3.05, 3.63) is 35.4 Å². The zero-order valence-electron chi connectivity index (χ0n) is 13.0. The van der Waals surface area contributed by atoms with Crippen LogP contribution in [0.25, 0.3) is 0 Å². The number of nitrogens with one attached hydrogen (secondary N) is 2. The number of carbonyl (C=O) groups excluding carboxylic acids is 1. The third-order valence-electron chi connectivity index (χ3n) is 3.96. The molecule has 0 aromatic heterocycles. The van der Waals surface area contributed by atoms with Crippen molar-refractivity contribution >= 4 is 5.91 Å². The molecule has 20 heavy (non-hydrogen) atoms. The molecule has 2 atom stereocenters. The zero-order chi connectivity index (χ0) is 14.8. The minimum absolute atomic E-state index is 0.00448. The normalized spacial score (nSPS) is 20.7. The van der Waals surface area contributed by atoms with Crippen molar-refractivity contribution in [3.63, 3.8) is 0 Å². The Morgan fingerprint density at radius 2 is 2.15 bits per heavy atom. The Bertz CT molecular complexity index is 470. The highest BCUT2D eigenvalue weighted by molar-refractivity contribution is 5.79. The van der Waals surface area contributed by atoms with Gasteiger partial charge >= 0.3 is 0 Å². The first-order valence-electron chi connectivity index (χ1n) is 7.45. The van der Waals surface area contributed by atoms with Crippen LogP contribution in [0.4, 0.5) is 0 Å². The van der Waals surface area contributed by atoms with Crippen LogP contribution in [0.1, 0.15) is 44.4 Å². The van der Waals surface area contributed by atoms with Crippen molar-refractivity contribution in [2.45, 2.75) is 40.2 Å². The predicted octanol–water partition coefficient (Wildman–Crippen LogP) is 2.81. The summed E-state index contributed by atoms with van der Waals surface area (Å²) in [6.45, 7) is 10.4. The Hall–Kier alpha value is -1.35. The van der Waals surface area contributed by atoms with E-state index >= 15 is 0 Å². The van der Waals surface area contributed by atoms with E-state index in [-0.39, 0.29) is 23.3 Å². The number of carbonyl (C=O) groups is 1. The summed E-state index contributed by atoms with van der Waals surface area (Å²) in [7, 11) is 0. The fraction of sp³-hybridized carbons (Fsp3) is 0.588. The molecule has 1 aromatic carbocycles. The molecule has 0 radical (unpaired) electrons. The van der Waals surface area contributed by atoms with Crippen molar-refractivity contribution in [3.8, 4) is 0 Å². The zero-order valence-corrected chi connectivity index (χ0v) is 13.0. The molecule has 110 valence electrons. The molecule has 1 fully saturated rings. The van der Waals surface area contributed by atoms with Gasteiger partial charge in [0, 0.05) is 6.54 Å². The van der Waals surface area contributed by atoms with Gasteiger partial charge in [0.25, 0.3) is 0 Å². The first-order valence-corrected chi connectivity index (χ1v) is 7.45. The number of amides is 1. The number of benzene rings is 1. The van der Waals surface area contributed by atoms with Gasteiger partial charge in [-0.1, -0.05) is 50.6 Å². The van der Waals surface area contributed by atoms with Crippen molar-refractivity contribution in [1.29, 1.82) is 0 Å². The lowest BCUT2D eigenvalue weighted by atomic mass is 9.81. The summed E-state index contributed by atoms with van der Waals surface area (Å²) in [6.07, 6.45) is 0.941. The van der Waals surface area contributed by atoms with Gasteiger partial charge in [-0.2, -0.15) is 0 Å². The molecule has 1 heterocycles. The quantitative estimate of drug-likeness (QED) is 0.890. The summed E-state index contributed by atoms with van der Waals surface area (Å²) in [5.41, 5.74) is 2.42. The van der Waals surface area contributed by atoms with Crippen LogP contribution in [0.5, 0.6) is 0 Å². The van der Waals surface area contributed by atoms with Crippen molar-refractivity contribution < 1.29 is 4.79 Å². The van der Waals surface area contributed by atoms with E-state index < -0.39 is 0 Å². The molecule has 1 saturated heterocycles. The average molecular weight is 274 g/mol. The number of aryl methyl sites for hydroxylation is 1. The maximum Gasteiger partial charge on any atom is 0.224 e. The molecule has 1 aromatic rings. The molecule has 0 bridgehead atoms. The highest BCUT2D eigenvalue weighted by Gasteiger charge is 2.31. The standard InChI is InChI=1S/C17H26N2O/c1-12-6-5-7-13(10-12)15(17(2,3)4)19-16(20)14-8-9-18-11-14/h5-7,10,14-15,18H,8-9,11H2,1-4H3,(H,19,20). The van der Waals surface area contributed by atoms with E-state index in [9.17, 15) is 4.79 Å². The summed E-state index contributed by atoms with van der Waals surface area (Å²) >= 11 is 0. The highest BCUT2D eigenvalue weighted by Crippen LogP contribution is 2.33. The van der Waals surface area contributed by atoms with Gasteiger partial charge < -0.3 is 10.6 Å². The van der Waals surface area contributed by atoms with Crippen LogP contribution in [-0.2, 0) is 4.79 Å². The third-order valence-corrected chi connectivity index (χ3v) is 3.96. The van der Waals surface area contributed by atoms with Gasteiger partial charge in [0.05, 0.1) is 12.0 Å². The van der Waals surface area contributed by atoms with E-state index in [4.69, 9.17) is 0 Å². The molecule has 0 saturated carbocycles. The van der Waals surface area contributed by atoms with E-state index in [1.165, 1.54) is 11.1 Å². The molecule has 0 aliphatic carbocycles. The maximum absolute atomic E-state index is 12.4. The van der Waals surface area contributed by atoms with Gasteiger partial charge in [-0.05, 0) is 30.9 Å². The molecule has 1 aliphatic rings. The lowest BCUT2D eigenvalue weighted by Crippen LogP contribution is -2.40. The Balaban J connectivity index is 2.18. The second-order valence-electron chi connectivity index (χ2n) is 6.91. The Labute approximate surface area is 122 Å². The van der Waals surface area contributed by atoms with Crippen molar-refractivity contribution in [2.75, 3.05) is 13.1 Å². The van der Waals surface area contributed by atoms with Crippen LogP contribution in [-0.4, -0.2) is 19.0 Å². The molecule has 2 rings (SSSR count). The van der Waals surface area contributed by atoms with Gasteiger partial charge in [-0.15, -0.1) is 0 Å². The molecule has 2 unspecified atom stereocenters. The van der Waals surface area contributed by atoms with Gasteiger partial charge in [-0.25, -0.2) is 0 Å². The summed E-state index contributed by atoms with van der Waals surface area (Å²) in [6, 6.07) is 8.48. The van der Waals surface area contributed by atoms with E-state index in [0.717, 1.165) is 19.5 Å². The van der Waals surface area contributed by atoms with Gasteiger partial charge in [0.1, 0.15) is 0 Å². The first-order chi connectivity index (χ1) is 9.38. The fourth-order valence-electron chi connectivity index (χ4n) is 2.79. The minimum Gasteiger partial charge on any atom is -0.348 e. The molecule has 3 nitrogen and oxygen atoms in total. The molecule has 3 heteroatoms. The Morgan fingerprint density at radius 1 is 1.40 bits per heavy atom. The number of hydrogen-bond donors (Lipinski definition) is 2. The minimum atomic E-state index is -0.00448. The molecule has 0 spiro atoms. The van der Waals surface area contributed by atoms with Crippen molar-refractivity contribution in [2.24, 2.45) is 11.3 Å². The summed E-state index contributed by atoms with van der Waals surface area (Å²) in [5.74, 6) is 0.293. The van der Waals surface area contributed by atoms with Crippen LogP contribution < -0.4 is 10.6 Å². The number of rotatable bonds is 3. The summed E-state index contributed by atoms with van der Waals surface area (Å²) in [5, 5.41) is 6.52. The second-order valence-corrected chi connectivity index (χ2v) is 6.91. The smallest absolute Gasteiger partial charge is 0.224 e. The molecular weight excluding hydrogens is 248 g/mol. The van der Waals surface area contributed by atoms with Crippen molar-refractivity contribution in [1.82, 2.24) is 10.6 Å². The lowest BCUT2D eigenvalue weighted by molar-refractivity contribution is -0.126. The third kappa shape index (κ3) is 3.60. The molecule has 1 amide bonds. The van der Waals surface area contributed by atoms with Crippen LogP contribution in [0.2, 0.25) is 0 Å². The fourth-order valence-corrected chi connectivity index (χ4v) is 2.79. The monoisotopic (exact) mass is 274 g/mol. The first kappa shape index (κ1) is 15.0. The maximum atomic E-state index is 12.4. The van der Waals surface area contributed by atoms with Crippen LogP contribution in [0.3, 0.4) is 0 Å². The van der Waals surface area contributed by atoms with E-state index in [1.807, 2.05) is 0 Å². The highest BCUT2D eigenvalue weighted by atomic mass is 16.2. The predicted molar refractivity (Wildman–Crippen MR) is 82.5 cm³/mol. The second kappa shape index (κ2) is 5.96. The van der Waals surface area contributed by atoms with E-state index in [2.05, 4.69) is 62.6 Å². The van der Waals surface area contributed by atoms with Crippen LogP contribution in [0.15, 0.2) is 24.3 Å². The molecule has 1 aliphatic heterocycles. The number of hydrogen-bond acceptors (Lipinski definition) is 2. The molecular formula is C17H26N2O. The SMILES string of the molecule is Cc1cccc(C(NC(=O)C2CCNC2)C(C)(C)C)c1. The van der Waals surface area contributed by atoms with Gasteiger partial charge in [-0.3, -0.25) is 4.79 Å². The van der Waals surface area contributed by atoms with Crippen LogP contribution in [0, 0.1) is 18.3 Å². The largest absolute Gasteiger partial charge is 0.348 e. The van der Waals surface area contributed by atoms with Crippen LogP contribution >= 0.6 is 0 Å². The average Bonchev–Trinajstić information content (AvgIpc) is 2.88. The lowest BCUT2D eigenvalue weighted by Gasteiger charge is -2.33. The topological polar surface area (TPSA) is 41.1 Å². The Morgan fingerprint density at radius 3 is 2.70 bits per heavy atom. The van der Waals surface area contributed by atoms with E-state index in [0.29, 0.717) is 0 Å². The van der Waals surface area contributed by atoms with Gasteiger partial charge in [0.15, 0.2) is 0 Å².